The largest absolute Gasteiger partial charge is 0.497 e. The van der Waals surface area contributed by atoms with Gasteiger partial charge in [0.2, 0.25) is 5.91 Å². The van der Waals surface area contributed by atoms with Gasteiger partial charge in [0.15, 0.2) is 0 Å². The lowest BCUT2D eigenvalue weighted by Crippen LogP contribution is -2.50. The summed E-state index contributed by atoms with van der Waals surface area (Å²) in [5, 5.41) is 0. The van der Waals surface area contributed by atoms with Crippen LogP contribution < -0.4 is 18.9 Å². The number of piperazine rings is 1. The molecule has 1 atom stereocenters. The molecule has 162 valence electrons. The van der Waals surface area contributed by atoms with Gasteiger partial charge < -0.3 is 28.7 Å². The fourth-order valence-electron chi connectivity index (χ4n) is 4.48. The van der Waals surface area contributed by atoms with Crippen LogP contribution in [0.15, 0.2) is 36.4 Å². The minimum Gasteiger partial charge on any atom is -0.497 e. The average Bonchev–Trinajstić information content (AvgIpc) is 3.35. The Morgan fingerprint density at radius 1 is 0.871 bits per heavy atom. The minimum atomic E-state index is -0.464. The van der Waals surface area contributed by atoms with E-state index in [4.69, 9.17) is 18.9 Å². The zero-order valence-electron chi connectivity index (χ0n) is 17.6. The summed E-state index contributed by atoms with van der Waals surface area (Å²) < 4.78 is 23.0. The molecule has 0 aliphatic carbocycles. The first-order chi connectivity index (χ1) is 15.0. The summed E-state index contributed by atoms with van der Waals surface area (Å²) in [6.07, 6.45) is -0.416. The number of nitrogens with zero attached hydrogens (tertiary/aromatic N) is 2. The van der Waals surface area contributed by atoms with E-state index in [0.29, 0.717) is 45.1 Å². The van der Waals surface area contributed by atoms with Crippen molar-refractivity contribution < 1.29 is 28.5 Å². The molecule has 0 N–H and O–H groups in total. The summed E-state index contributed by atoms with van der Waals surface area (Å²) in [4.78, 5) is 27.5. The molecule has 8 nitrogen and oxygen atoms in total. The molecule has 2 aromatic rings. The quantitative estimate of drug-likeness (QED) is 0.737. The first-order valence-electron chi connectivity index (χ1n) is 10.3. The van der Waals surface area contributed by atoms with Gasteiger partial charge in [0.05, 0.1) is 12.5 Å². The zero-order valence-corrected chi connectivity index (χ0v) is 17.6. The Morgan fingerprint density at radius 3 is 2.00 bits per heavy atom. The van der Waals surface area contributed by atoms with Gasteiger partial charge in [-0.1, -0.05) is 0 Å². The number of carbonyl (C=O) groups is 2. The molecule has 0 saturated carbocycles. The number of benzene rings is 2. The SMILES string of the molecule is COc1ccc2c(c1)C1(CO2)COc2ccc(OC(=O)N3CCN(C(C)=O)CC3)cc21. The molecule has 31 heavy (non-hydrogen) atoms. The second-order valence-electron chi connectivity index (χ2n) is 8.04. The summed E-state index contributed by atoms with van der Waals surface area (Å²) in [5.74, 6) is 2.80. The van der Waals surface area contributed by atoms with Crippen LogP contribution in [0.2, 0.25) is 0 Å². The smallest absolute Gasteiger partial charge is 0.415 e. The van der Waals surface area contributed by atoms with Crippen LogP contribution >= 0.6 is 0 Å². The van der Waals surface area contributed by atoms with Crippen LogP contribution in [0.25, 0.3) is 0 Å². The highest BCUT2D eigenvalue weighted by Gasteiger charge is 2.49. The van der Waals surface area contributed by atoms with E-state index in [9.17, 15) is 9.59 Å². The standard InChI is InChI=1S/C23H24N2O6/c1-15(26)24-7-9-25(10-8-24)22(27)31-17-4-6-21-19(12-17)23(14-30-21)13-29-20-5-3-16(28-2)11-18(20)23/h3-6,11-12H,7-10,13-14H2,1-2H3. The maximum absolute atomic E-state index is 12.7. The van der Waals surface area contributed by atoms with E-state index in [1.54, 1.807) is 23.0 Å². The van der Waals surface area contributed by atoms with Gasteiger partial charge in [0.1, 0.15) is 36.2 Å². The second kappa shape index (κ2) is 7.37. The molecule has 1 spiro atoms. The average molecular weight is 424 g/mol. The number of ether oxygens (including phenoxy) is 4. The van der Waals surface area contributed by atoms with Crippen LogP contribution in [0.4, 0.5) is 4.79 Å². The lowest BCUT2D eigenvalue weighted by atomic mass is 9.78. The summed E-state index contributed by atoms with van der Waals surface area (Å²) >= 11 is 0. The maximum Gasteiger partial charge on any atom is 0.415 e. The van der Waals surface area contributed by atoms with E-state index in [2.05, 4.69) is 0 Å². The Labute approximate surface area is 180 Å². The molecule has 0 radical (unpaired) electrons. The van der Waals surface area contributed by atoms with Crippen LogP contribution in [0.1, 0.15) is 18.1 Å². The minimum absolute atomic E-state index is 0.0210. The van der Waals surface area contributed by atoms with Crippen molar-refractivity contribution >= 4 is 12.0 Å². The number of amides is 2. The highest BCUT2D eigenvalue weighted by Crippen LogP contribution is 2.51. The Balaban J connectivity index is 1.38. The van der Waals surface area contributed by atoms with Crippen LogP contribution in [0, 0.1) is 0 Å². The summed E-state index contributed by atoms with van der Waals surface area (Å²) in [5.41, 5.74) is 1.48. The summed E-state index contributed by atoms with van der Waals surface area (Å²) in [6.45, 7) is 4.38. The van der Waals surface area contributed by atoms with Crippen LogP contribution in [-0.2, 0) is 10.2 Å². The Kier molecular flexibility index (Phi) is 4.64. The van der Waals surface area contributed by atoms with Gasteiger partial charge in [-0.15, -0.1) is 0 Å². The van der Waals surface area contributed by atoms with Crippen LogP contribution in [0.5, 0.6) is 23.0 Å². The van der Waals surface area contributed by atoms with Crippen molar-refractivity contribution in [1.29, 1.82) is 0 Å². The highest BCUT2D eigenvalue weighted by atomic mass is 16.6. The third-order valence-corrected chi connectivity index (χ3v) is 6.31. The van der Waals surface area contributed by atoms with Gasteiger partial charge in [-0.25, -0.2) is 4.79 Å². The van der Waals surface area contributed by atoms with Crippen molar-refractivity contribution in [2.45, 2.75) is 12.3 Å². The first kappa shape index (κ1) is 19.5. The molecule has 1 fully saturated rings. The van der Waals surface area contributed by atoms with E-state index in [-0.39, 0.29) is 5.91 Å². The van der Waals surface area contributed by atoms with Crippen molar-refractivity contribution in [2.24, 2.45) is 0 Å². The van der Waals surface area contributed by atoms with Crippen molar-refractivity contribution in [3.63, 3.8) is 0 Å². The second-order valence-corrected chi connectivity index (χ2v) is 8.04. The molecule has 1 saturated heterocycles. The van der Waals surface area contributed by atoms with E-state index in [1.165, 1.54) is 6.92 Å². The monoisotopic (exact) mass is 424 g/mol. The van der Waals surface area contributed by atoms with E-state index in [1.807, 2.05) is 30.3 Å². The maximum atomic E-state index is 12.7. The number of carbonyl (C=O) groups excluding carboxylic acids is 2. The lowest BCUT2D eigenvalue weighted by Gasteiger charge is -2.33. The molecule has 2 aromatic carbocycles. The number of hydrogen-bond donors (Lipinski definition) is 0. The molecule has 5 rings (SSSR count). The Bertz CT molecular complexity index is 1040. The van der Waals surface area contributed by atoms with Crippen LogP contribution in [-0.4, -0.2) is 68.3 Å². The van der Waals surface area contributed by atoms with E-state index < -0.39 is 11.5 Å². The number of hydrogen-bond acceptors (Lipinski definition) is 6. The molecule has 3 aliphatic rings. The predicted octanol–water partition coefficient (Wildman–Crippen LogP) is 2.43. The third-order valence-electron chi connectivity index (χ3n) is 6.31. The molecule has 0 aromatic heterocycles. The molecule has 3 aliphatic heterocycles. The van der Waals surface area contributed by atoms with Gasteiger partial charge in [-0.2, -0.15) is 0 Å². The van der Waals surface area contributed by atoms with Gasteiger partial charge in [0, 0.05) is 44.2 Å². The van der Waals surface area contributed by atoms with Gasteiger partial charge in [-0.3, -0.25) is 4.79 Å². The predicted molar refractivity (Wildman–Crippen MR) is 111 cm³/mol. The number of methoxy groups -OCH3 is 1. The Hall–Kier alpha value is -3.42. The molecular formula is C23H24N2O6. The Morgan fingerprint density at radius 2 is 1.42 bits per heavy atom. The van der Waals surface area contributed by atoms with Crippen molar-refractivity contribution in [2.75, 3.05) is 46.5 Å². The normalized spacial score (nSPS) is 21.2. The molecule has 1 unspecified atom stereocenters. The van der Waals surface area contributed by atoms with Gasteiger partial charge in [0.25, 0.3) is 0 Å². The number of fused-ring (bicyclic) bond motifs is 4. The molecule has 0 bridgehead atoms. The third kappa shape index (κ3) is 3.22. The molecule has 3 heterocycles. The van der Waals surface area contributed by atoms with Gasteiger partial charge >= 0.3 is 6.09 Å². The lowest BCUT2D eigenvalue weighted by molar-refractivity contribution is -0.130. The van der Waals surface area contributed by atoms with Crippen molar-refractivity contribution in [3.05, 3.63) is 47.5 Å². The fourth-order valence-corrected chi connectivity index (χ4v) is 4.48. The molecular weight excluding hydrogens is 400 g/mol. The topological polar surface area (TPSA) is 77.5 Å². The first-order valence-corrected chi connectivity index (χ1v) is 10.3. The highest BCUT2D eigenvalue weighted by molar-refractivity contribution is 5.75. The van der Waals surface area contributed by atoms with E-state index in [0.717, 1.165) is 28.4 Å². The van der Waals surface area contributed by atoms with Crippen molar-refractivity contribution in [1.82, 2.24) is 9.80 Å². The molecule has 8 heteroatoms. The molecule has 2 amide bonds. The van der Waals surface area contributed by atoms with E-state index >= 15 is 0 Å². The van der Waals surface area contributed by atoms with Gasteiger partial charge in [-0.05, 0) is 36.4 Å². The van der Waals surface area contributed by atoms with Crippen LogP contribution in [0.3, 0.4) is 0 Å². The fraction of sp³-hybridized carbons (Fsp3) is 0.391. The zero-order chi connectivity index (χ0) is 21.6. The van der Waals surface area contributed by atoms with Crippen molar-refractivity contribution in [3.8, 4) is 23.0 Å². The summed E-state index contributed by atoms with van der Waals surface area (Å²) in [7, 11) is 1.64. The number of rotatable bonds is 2. The summed E-state index contributed by atoms with van der Waals surface area (Å²) in [6, 6.07) is 11.2.